The number of pyridine rings is 1. The number of fused-ring (bicyclic) bond motifs is 1. The zero-order chi connectivity index (χ0) is 24.0. The summed E-state index contributed by atoms with van der Waals surface area (Å²) in [6.45, 7) is -0.414. The number of nitrogens with zero attached hydrogens (tertiary/aromatic N) is 2. The highest BCUT2D eigenvalue weighted by molar-refractivity contribution is 5.97. The van der Waals surface area contributed by atoms with Crippen molar-refractivity contribution >= 4 is 28.6 Å². The van der Waals surface area contributed by atoms with Gasteiger partial charge in [-0.15, -0.1) is 0 Å². The Morgan fingerprint density at radius 3 is 2.46 bits per heavy atom. The summed E-state index contributed by atoms with van der Waals surface area (Å²) in [7, 11) is 0. The highest BCUT2D eigenvalue weighted by Gasteiger charge is 2.13. The maximum Gasteiger partial charge on any atom is 0.338 e. The van der Waals surface area contributed by atoms with Crippen molar-refractivity contribution in [1.29, 1.82) is 0 Å². The number of carbonyl (C=O) groups is 2. The number of hydrogen-bond acceptors (Lipinski definition) is 6. The summed E-state index contributed by atoms with van der Waals surface area (Å²) in [4.78, 5) is 36.5. The van der Waals surface area contributed by atoms with Crippen LogP contribution in [0.15, 0.2) is 97.3 Å². The van der Waals surface area contributed by atoms with E-state index < -0.39 is 18.5 Å². The van der Waals surface area contributed by atoms with Crippen molar-refractivity contribution in [3.8, 4) is 22.9 Å². The number of H-pyrrole nitrogens is 1. The van der Waals surface area contributed by atoms with Crippen LogP contribution < -0.4 is 10.1 Å². The third kappa shape index (κ3) is 5.33. The van der Waals surface area contributed by atoms with Gasteiger partial charge in [-0.3, -0.25) is 9.78 Å². The van der Waals surface area contributed by atoms with E-state index in [1.807, 2.05) is 42.5 Å². The third-order valence-corrected chi connectivity index (χ3v) is 5.10. The number of carbonyl (C=O) groups excluding carboxylic acids is 2. The zero-order valence-electron chi connectivity index (χ0n) is 18.5. The van der Waals surface area contributed by atoms with E-state index >= 15 is 0 Å². The minimum Gasteiger partial charge on any atom is -0.457 e. The number of amides is 1. The van der Waals surface area contributed by atoms with Gasteiger partial charge < -0.3 is 19.8 Å². The van der Waals surface area contributed by atoms with Crippen LogP contribution in [0.1, 0.15) is 10.4 Å². The molecule has 0 saturated carbocycles. The number of hydrogen-bond donors (Lipinski definition) is 2. The van der Waals surface area contributed by atoms with E-state index in [1.165, 1.54) is 0 Å². The molecule has 2 N–H and O–H groups in total. The summed E-state index contributed by atoms with van der Waals surface area (Å²) in [5.41, 5.74) is 3.10. The fourth-order valence-corrected chi connectivity index (χ4v) is 3.42. The number of aromatic nitrogens is 3. The average Bonchev–Trinajstić information content (AvgIpc) is 3.33. The highest BCUT2D eigenvalue weighted by atomic mass is 16.5. The Hall–Kier alpha value is -4.98. The van der Waals surface area contributed by atoms with E-state index in [-0.39, 0.29) is 0 Å². The van der Waals surface area contributed by atoms with Crippen LogP contribution in [0.4, 0.5) is 5.69 Å². The zero-order valence-corrected chi connectivity index (χ0v) is 18.5. The molecule has 2 heterocycles. The topological polar surface area (TPSA) is 106 Å². The number of esters is 1. The van der Waals surface area contributed by atoms with Gasteiger partial charge in [-0.25, -0.2) is 9.78 Å². The van der Waals surface area contributed by atoms with Crippen LogP contribution in [0.25, 0.3) is 22.4 Å². The van der Waals surface area contributed by atoms with Crippen molar-refractivity contribution in [2.75, 3.05) is 11.9 Å². The molecule has 0 aliphatic rings. The number of ether oxygens (including phenoxy) is 2. The number of aromatic amines is 1. The molecule has 1 amide bonds. The van der Waals surface area contributed by atoms with Gasteiger partial charge in [-0.1, -0.05) is 18.2 Å². The van der Waals surface area contributed by atoms with Crippen LogP contribution in [0.3, 0.4) is 0 Å². The molecule has 3 aromatic carbocycles. The fraction of sp³-hybridized carbons (Fsp3) is 0.0370. The lowest BCUT2D eigenvalue weighted by atomic mass is 10.2. The van der Waals surface area contributed by atoms with Gasteiger partial charge in [0.05, 0.1) is 16.6 Å². The molecule has 0 atom stereocenters. The van der Waals surface area contributed by atoms with Crippen molar-refractivity contribution in [2.45, 2.75) is 0 Å². The summed E-state index contributed by atoms with van der Waals surface area (Å²) in [5.74, 6) is 0.959. The largest absolute Gasteiger partial charge is 0.457 e. The second-order valence-corrected chi connectivity index (χ2v) is 7.62. The van der Waals surface area contributed by atoms with Crippen LogP contribution in [0.5, 0.6) is 11.5 Å². The molecular weight excluding hydrogens is 444 g/mol. The molecule has 8 nitrogen and oxygen atoms in total. The molecule has 35 heavy (non-hydrogen) atoms. The smallest absolute Gasteiger partial charge is 0.338 e. The number of rotatable bonds is 7. The van der Waals surface area contributed by atoms with E-state index in [4.69, 9.17) is 9.47 Å². The van der Waals surface area contributed by atoms with E-state index in [2.05, 4.69) is 20.3 Å². The van der Waals surface area contributed by atoms with Crippen molar-refractivity contribution < 1.29 is 19.1 Å². The lowest BCUT2D eigenvalue weighted by molar-refractivity contribution is -0.119. The van der Waals surface area contributed by atoms with Gasteiger partial charge in [0.25, 0.3) is 5.91 Å². The van der Waals surface area contributed by atoms with Crippen LogP contribution in [0.2, 0.25) is 0 Å². The van der Waals surface area contributed by atoms with E-state index in [1.54, 1.807) is 54.9 Å². The number of benzene rings is 3. The molecule has 0 aliphatic heterocycles. The summed E-state index contributed by atoms with van der Waals surface area (Å²) in [6.07, 6.45) is 3.39. The SMILES string of the molecule is O=C(COC(=O)c1ccc2nc(-c3cccnc3)[nH]c2c1)Nc1ccc(Oc2ccccc2)cc1. The summed E-state index contributed by atoms with van der Waals surface area (Å²) in [5, 5.41) is 2.70. The van der Waals surface area contributed by atoms with Crippen LogP contribution >= 0.6 is 0 Å². The van der Waals surface area contributed by atoms with Gasteiger partial charge in [0, 0.05) is 23.6 Å². The number of imidazole rings is 1. The van der Waals surface area contributed by atoms with Crippen LogP contribution in [0, 0.1) is 0 Å². The van der Waals surface area contributed by atoms with Gasteiger partial charge in [0.15, 0.2) is 6.61 Å². The molecule has 0 radical (unpaired) electrons. The molecule has 8 heteroatoms. The Balaban J connectivity index is 1.16. The summed E-state index contributed by atoms with van der Waals surface area (Å²) < 4.78 is 10.9. The maximum absolute atomic E-state index is 12.5. The van der Waals surface area contributed by atoms with Crippen LogP contribution in [-0.2, 0) is 9.53 Å². The first kappa shape index (κ1) is 21.8. The Morgan fingerprint density at radius 1 is 0.886 bits per heavy atom. The molecule has 0 bridgehead atoms. The molecule has 0 saturated heterocycles. The van der Waals surface area contributed by atoms with E-state index in [0.717, 1.165) is 11.3 Å². The van der Waals surface area contributed by atoms with Crippen LogP contribution in [-0.4, -0.2) is 33.4 Å². The van der Waals surface area contributed by atoms with Gasteiger partial charge in [0.1, 0.15) is 17.3 Å². The second-order valence-electron chi connectivity index (χ2n) is 7.62. The van der Waals surface area contributed by atoms with Crippen molar-refractivity contribution in [1.82, 2.24) is 15.0 Å². The molecule has 0 spiro atoms. The molecule has 172 valence electrons. The Morgan fingerprint density at radius 2 is 1.69 bits per heavy atom. The lowest BCUT2D eigenvalue weighted by Crippen LogP contribution is -2.20. The van der Waals surface area contributed by atoms with E-state index in [9.17, 15) is 9.59 Å². The van der Waals surface area contributed by atoms with Crippen molar-refractivity contribution in [2.24, 2.45) is 0 Å². The van der Waals surface area contributed by atoms with Gasteiger partial charge >= 0.3 is 5.97 Å². The first-order valence-electron chi connectivity index (χ1n) is 10.8. The predicted octanol–water partition coefficient (Wildman–Crippen LogP) is 5.21. The van der Waals surface area contributed by atoms with Gasteiger partial charge in [0.2, 0.25) is 0 Å². The standard InChI is InChI=1S/C27H20N4O4/c32-25(29-20-9-11-22(12-10-20)35-21-6-2-1-3-7-21)17-34-27(33)18-8-13-23-24(15-18)31-26(30-23)19-5-4-14-28-16-19/h1-16H,17H2,(H,29,32)(H,30,31). The lowest BCUT2D eigenvalue weighted by Gasteiger charge is -2.09. The Kier molecular flexibility index (Phi) is 6.17. The van der Waals surface area contributed by atoms with Gasteiger partial charge in [-0.05, 0) is 66.7 Å². The minimum atomic E-state index is -0.605. The average molecular weight is 464 g/mol. The first-order chi connectivity index (χ1) is 17.1. The minimum absolute atomic E-state index is 0.314. The van der Waals surface area contributed by atoms with Crippen molar-refractivity contribution in [3.63, 3.8) is 0 Å². The Bertz CT molecular complexity index is 1470. The fourth-order valence-electron chi connectivity index (χ4n) is 3.42. The van der Waals surface area contributed by atoms with Crippen molar-refractivity contribution in [3.05, 3.63) is 103 Å². The molecule has 5 rings (SSSR count). The monoisotopic (exact) mass is 464 g/mol. The molecule has 0 unspecified atom stereocenters. The normalized spacial score (nSPS) is 10.6. The molecule has 0 fully saturated rings. The number of anilines is 1. The molecule has 2 aromatic heterocycles. The number of nitrogens with one attached hydrogen (secondary N) is 2. The molecular formula is C27H20N4O4. The Labute approximate surface area is 200 Å². The quantitative estimate of drug-likeness (QED) is 0.320. The summed E-state index contributed by atoms with van der Waals surface area (Å²) >= 11 is 0. The first-order valence-corrected chi connectivity index (χ1v) is 10.8. The predicted molar refractivity (Wildman–Crippen MR) is 131 cm³/mol. The highest BCUT2D eigenvalue weighted by Crippen LogP contribution is 2.23. The van der Waals surface area contributed by atoms with E-state index in [0.29, 0.717) is 33.9 Å². The molecule has 0 aliphatic carbocycles. The number of para-hydroxylation sites is 1. The third-order valence-electron chi connectivity index (χ3n) is 5.10. The van der Waals surface area contributed by atoms with Gasteiger partial charge in [-0.2, -0.15) is 0 Å². The summed E-state index contributed by atoms with van der Waals surface area (Å²) in [6, 6.07) is 25.0. The molecule has 5 aromatic rings. The maximum atomic E-state index is 12.5. The second kappa shape index (κ2) is 9.88.